The van der Waals surface area contributed by atoms with Crippen molar-refractivity contribution in [3.05, 3.63) is 39.7 Å². The molecule has 1 saturated heterocycles. The lowest BCUT2D eigenvalue weighted by atomic mass is 10.1. The summed E-state index contributed by atoms with van der Waals surface area (Å²) >= 11 is 5.20. The van der Waals surface area contributed by atoms with Crippen molar-refractivity contribution in [3.63, 3.8) is 0 Å². The molecule has 1 aromatic heterocycles. The van der Waals surface area contributed by atoms with E-state index in [1.807, 2.05) is 13.0 Å². The highest BCUT2D eigenvalue weighted by molar-refractivity contribution is 7.80. The number of hydrogen-bond acceptors (Lipinski definition) is 6. The Hall–Kier alpha value is -1.96. The topological polar surface area (TPSA) is 61.1 Å². The normalized spacial score (nSPS) is 15.1. The number of aryl methyl sites for hydroxylation is 1. The minimum atomic E-state index is -0.649. The third kappa shape index (κ3) is 3.08. The van der Waals surface area contributed by atoms with Crippen LogP contribution in [-0.2, 0) is 9.47 Å². The molecular formula is C16H17NO5S. The third-order valence-corrected chi connectivity index (χ3v) is 3.99. The smallest absolute Gasteiger partial charge is 0.336 e. The number of hydrogen-bond donors (Lipinski definition) is 0. The first-order chi connectivity index (χ1) is 11.0. The maximum Gasteiger partial charge on any atom is 0.336 e. The molecule has 1 aliphatic heterocycles. The van der Waals surface area contributed by atoms with Crippen molar-refractivity contribution in [2.75, 3.05) is 27.3 Å². The predicted molar refractivity (Wildman–Crippen MR) is 88.8 cm³/mol. The fourth-order valence-electron chi connectivity index (χ4n) is 2.41. The Bertz CT molecular complexity index is 808. The minimum Gasteiger partial charge on any atom is -0.431 e. The summed E-state index contributed by atoms with van der Waals surface area (Å²) in [4.78, 5) is 13.5. The van der Waals surface area contributed by atoms with E-state index >= 15 is 0 Å². The SMILES string of the molecule is Cc1cc(=O)oc2c(C3OCCO3)c(OC(=S)N(C)C)ccc12. The first-order valence-electron chi connectivity index (χ1n) is 7.17. The van der Waals surface area contributed by atoms with Crippen LogP contribution in [0.5, 0.6) is 5.75 Å². The Morgan fingerprint density at radius 2 is 2.00 bits per heavy atom. The number of thiocarbonyl (C=S) groups is 1. The number of fused-ring (bicyclic) bond motifs is 1. The van der Waals surface area contributed by atoms with Gasteiger partial charge in [0.05, 0.1) is 18.8 Å². The lowest BCUT2D eigenvalue weighted by Crippen LogP contribution is -2.25. The van der Waals surface area contributed by atoms with Crippen LogP contribution in [0.15, 0.2) is 27.4 Å². The molecule has 2 aromatic rings. The summed E-state index contributed by atoms with van der Waals surface area (Å²) in [7, 11) is 3.58. The van der Waals surface area contributed by atoms with Gasteiger partial charge in [-0.2, -0.15) is 0 Å². The van der Waals surface area contributed by atoms with Crippen LogP contribution in [0.3, 0.4) is 0 Å². The summed E-state index contributed by atoms with van der Waals surface area (Å²) in [6.45, 7) is 2.79. The van der Waals surface area contributed by atoms with Gasteiger partial charge in [0.2, 0.25) is 0 Å². The molecule has 6 nitrogen and oxygen atoms in total. The van der Waals surface area contributed by atoms with Crippen molar-refractivity contribution in [1.82, 2.24) is 4.90 Å². The van der Waals surface area contributed by atoms with E-state index in [1.54, 1.807) is 25.1 Å². The van der Waals surface area contributed by atoms with Crippen LogP contribution in [0.25, 0.3) is 11.0 Å². The van der Waals surface area contributed by atoms with E-state index < -0.39 is 11.9 Å². The second kappa shape index (κ2) is 6.27. The fraction of sp³-hybridized carbons (Fsp3) is 0.375. The van der Waals surface area contributed by atoms with Gasteiger partial charge in [-0.05, 0) is 36.8 Å². The highest BCUT2D eigenvalue weighted by atomic mass is 32.1. The first-order valence-corrected chi connectivity index (χ1v) is 7.58. The van der Waals surface area contributed by atoms with Crippen LogP contribution in [-0.4, -0.2) is 37.4 Å². The second-order valence-corrected chi connectivity index (χ2v) is 5.79. The van der Waals surface area contributed by atoms with E-state index in [2.05, 4.69) is 0 Å². The molecule has 1 fully saturated rings. The molecule has 122 valence electrons. The van der Waals surface area contributed by atoms with Gasteiger partial charge in [-0.3, -0.25) is 0 Å². The number of rotatable bonds is 2. The number of benzene rings is 1. The van der Waals surface area contributed by atoms with Crippen LogP contribution in [0, 0.1) is 6.92 Å². The average molecular weight is 335 g/mol. The Morgan fingerprint density at radius 1 is 1.30 bits per heavy atom. The van der Waals surface area contributed by atoms with Crippen LogP contribution in [0.4, 0.5) is 0 Å². The first kappa shape index (κ1) is 15.9. The highest BCUT2D eigenvalue weighted by Gasteiger charge is 2.27. The lowest BCUT2D eigenvalue weighted by molar-refractivity contribution is -0.0446. The van der Waals surface area contributed by atoms with Gasteiger partial charge in [0.1, 0.15) is 5.75 Å². The quantitative estimate of drug-likeness (QED) is 0.617. The molecule has 0 atom stereocenters. The van der Waals surface area contributed by atoms with Gasteiger partial charge < -0.3 is 23.5 Å². The van der Waals surface area contributed by atoms with Crippen molar-refractivity contribution in [2.45, 2.75) is 13.2 Å². The van der Waals surface area contributed by atoms with E-state index in [-0.39, 0.29) is 0 Å². The Labute approximate surface area is 138 Å². The summed E-state index contributed by atoms with van der Waals surface area (Å²) in [5.74, 6) is 0.455. The van der Waals surface area contributed by atoms with Gasteiger partial charge in [-0.1, -0.05) is 0 Å². The van der Waals surface area contributed by atoms with E-state index in [1.165, 1.54) is 6.07 Å². The van der Waals surface area contributed by atoms with Crippen molar-refractivity contribution in [1.29, 1.82) is 0 Å². The molecule has 1 aromatic carbocycles. The summed E-state index contributed by atoms with van der Waals surface area (Å²) in [6.07, 6.45) is -0.649. The molecule has 2 heterocycles. The van der Waals surface area contributed by atoms with Gasteiger partial charge in [0.15, 0.2) is 11.9 Å². The molecule has 0 saturated carbocycles. The molecule has 7 heteroatoms. The Balaban J connectivity index is 2.21. The summed E-state index contributed by atoms with van der Waals surface area (Å²) < 4.78 is 22.3. The lowest BCUT2D eigenvalue weighted by Gasteiger charge is -2.19. The minimum absolute atomic E-state index is 0.290. The predicted octanol–water partition coefficient (Wildman–Crippen LogP) is 2.37. The van der Waals surface area contributed by atoms with E-state index in [0.29, 0.717) is 35.3 Å². The summed E-state index contributed by atoms with van der Waals surface area (Å²) in [6, 6.07) is 5.07. The molecule has 0 N–H and O–H groups in total. The molecule has 23 heavy (non-hydrogen) atoms. The third-order valence-electron chi connectivity index (χ3n) is 3.54. The van der Waals surface area contributed by atoms with Gasteiger partial charge in [-0.15, -0.1) is 0 Å². The van der Waals surface area contributed by atoms with Gasteiger partial charge in [-0.25, -0.2) is 4.79 Å². The molecule has 1 aliphatic rings. The maximum absolute atomic E-state index is 11.8. The second-order valence-electron chi connectivity index (χ2n) is 5.44. The molecule has 0 unspecified atom stereocenters. The Kier molecular flexibility index (Phi) is 4.34. The highest BCUT2D eigenvalue weighted by Crippen LogP contribution is 2.37. The zero-order valence-corrected chi connectivity index (χ0v) is 13.9. The molecule has 0 aliphatic carbocycles. The monoisotopic (exact) mass is 335 g/mol. The van der Waals surface area contributed by atoms with Crippen molar-refractivity contribution >= 4 is 28.4 Å². The van der Waals surface area contributed by atoms with Crippen LogP contribution in [0.2, 0.25) is 0 Å². The van der Waals surface area contributed by atoms with E-state index in [0.717, 1.165) is 10.9 Å². The largest absolute Gasteiger partial charge is 0.431 e. The molecule has 3 rings (SSSR count). The molecular weight excluding hydrogens is 318 g/mol. The van der Waals surface area contributed by atoms with Gasteiger partial charge in [0, 0.05) is 25.5 Å². The van der Waals surface area contributed by atoms with Gasteiger partial charge in [0.25, 0.3) is 5.17 Å². The van der Waals surface area contributed by atoms with Crippen molar-refractivity contribution < 1.29 is 18.6 Å². The van der Waals surface area contributed by atoms with Gasteiger partial charge >= 0.3 is 5.63 Å². The zero-order chi connectivity index (χ0) is 16.6. The van der Waals surface area contributed by atoms with Crippen molar-refractivity contribution in [3.8, 4) is 5.75 Å². The van der Waals surface area contributed by atoms with Crippen LogP contribution < -0.4 is 10.4 Å². The Morgan fingerprint density at radius 3 is 2.65 bits per heavy atom. The van der Waals surface area contributed by atoms with Crippen LogP contribution in [0.1, 0.15) is 17.4 Å². The van der Waals surface area contributed by atoms with Crippen LogP contribution >= 0.6 is 12.2 Å². The van der Waals surface area contributed by atoms with E-state index in [4.69, 9.17) is 30.8 Å². The number of ether oxygens (including phenoxy) is 3. The molecule has 0 spiro atoms. The summed E-state index contributed by atoms with van der Waals surface area (Å²) in [5, 5.41) is 1.10. The molecule has 0 amide bonds. The number of nitrogens with zero attached hydrogens (tertiary/aromatic N) is 1. The standard InChI is InChI=1S/C16H17NO5S/c1-9-8-12(18)22-14-10(9)4-5-11(21-16(23)17(2)3)13(14)15-19-6-7-20-15/h4-5,8,15H,6-7H2,1-3H3. The molecule has 0 bridgehead atoms. The summed E-state index contributed by atoms with van der Waals surface area (Å²) in [5.41, 5.74) is 1.34. The van der Waals surface area contributed by atoms with Crippen molar-refractivity contribution in [2.24, 2.45) is 0 Å². The average Bonchev–Trinajstić information content (AvgIpc) is 3.00. The van der Waals surface area contributed by atoms with E-state index in [9.17, 15) is 4.79 Å². The maximum atomic E-state index is 11.8. The fourth-order valence-corrected chi connectivity index (χ4v) is 2.50. The molecule has 0 radical (unpaired) electrons. The zero-order valence-electron chi connectivity index (χ0n) is 13.1.